The van der Waals surface area contributed by atoms with E-state index in [2.05, 4.69) is 4.90 Å². The number of nitrogens with zero attached hydrogens (tertiary/aromatic N) is 1. The highest BCUT2D eigenvalue weighted by molar-refractivity contribution is 6.00. The van der Waals surface area contributed by atoms with Crippen molar-refractivity contribution < 1.29 is 9.84 Å². The topological polar surface area (TPSA) is 82.6 Å². The van der Waals surface area contributed by atoms with Gasteiger partial charge in [-0.05, 0) is 19.1 Å². The molecule has 98 valence electrons. The van der Waals surface area contributed by atoms with Crippen LogP contribution in [0.4, 0.5) is 5.69 Å². The van der Waals surface area contributed by atoms with Gasteiger partial charge in [0.25, 0.3) is 0 Å². The zero-order valence-corrected chi connectivity index (χ0v) is 10.5. The van der Waals surface area contributed by atoms with E-state index in [0.717, 1.165) is 23.4 Å². The molecule has 0 aromatic heterocycles. The highest BCUT2D eigenvalue weighted by atomic mass is 16.5. The lowest BCUT2D eigenvalue weighted by atomic mass is 10.1. The smallest absolute Gasteiger partial charge is 0.124 e. The van der Waals surface area contributed by atoms with E-state index in [9.17, 15) is 0 Å². The number of anilines is 1. The molecule has 18 heavy (non-hydrogen) atoms. The van der Waals surface area contributed by atoms with Gasteiger partial charge in [-0.25, -0.2) is 0 Å². The number of amidine groups is 1. The number of rotatable bonds is 3. The predicted octanol–water partition coefficient (Wildman–Crippen LogP) is 0.477. The minimum absolute atomic E-state index is 0.0117. The number of morpholine rings is 1. The Bertz CT molecular complexity index is 448. The molecule has 1 atom stereocenters. The van der Waals surface area contributed by atoms with E-state index in [1.165, 1.54) is 0 Å². The van der Waals surface area contributed by atoms with Crippen molar-refractivity contribution in [2.75, 3.05) is 31.2 Å². The number of hydrogen-bond acceptors (Lipinski definition) is 4. The lowest BCUT2D eigenvalue weighted by molar-refractivity contribution is 0.00356. The summed E-state index contributed by atoms with van der Waals surface area (Å²) in [5, 5.41) is 16.8. The highest BCUT2D eigenvalue weighted by Gasteiger charge is 2.22. The molecule has 0 amide bonds. The van der Waals surface area contributed by atoms with Crippen LogP contribution < -0.4 is 10.6 Å². The Hall–Kier alpha value is -1.59. The van der Waals surface area contributed by atoms with Gasteiger partial charge in [-0.3, -0.25) is 5.41 Å². The van der Waals surface area contributed by atoms with Gasteiger partial charge in [0.1, 0.15) is 5.84 Å². The summed E-state index contributed by atoms with van der Waals surface area (Å²) in [6.45, 7) is 3.94. The van der Waals surface area contributed by atoms with E-state index < -0.39 is 0 Å². The maximum Gasteiger partial charge on any atom is 0.124 e. The number of aliphatic hydroxyl groups excluding tert-OH is 1. The third-order valence-corrected chi connectivity index (χ3v) is 3.13. The molecule has 2 rings (SSSR count). The van der Waals surface area contributed by atoms with Crippen molar-refractivity contribution in [3.05, 3.63) is 29.3 Å². The number of hydrogen-bond donors (Lipinski definition) is 3. The number of aryl methyl sites for hydroxylation is 1. The quantitative estimate of drug-likeness (QED) is 0.537. The summed E-state index contributed by atoms with van der Waals surface area (Å²) in [6.07, 6.45) is -0.167. The summed E-state index contributed by atoms with van der Waals surface area (Å²) >= 11 is 0. The SMILES string of the molecule is Cc1ccc(N2CCOC(CO)C2)c(C(=N)N)c1. The average molecular weight is 249 g/mol. The molecule has 1 aliphatic rings. The van der Waals surface area contributed by atoms with Crippen LogP contribution in [0.25, 0.3) is 0 Å². The van der Waals surface area contributed by atoms with Crippen molar-refractivity contribution >= 4 is 11.5 Å². The van der Waals surface area contributed by atoms with Crippen molar-refractivity contribution in [3.63, 3.8) is 0 Å². The van der Waals surface area contributed by atoms with Gasteiger partial charge in [-0.1, -0.05) is 11.6 Å². The molecule has 0 spiro atoms. The first-order valence-electron chi connectivity index (χ1n) is 6.04. The van der Waals surface area contributed by atoms with E-state index >= 15 is 0 Å². The van der Waals surface area contributed by atoms with Gasteiger partial charge in [-0.2, -0.15) is 0 Å². The Morgan fingerprint density at radius 3 is 3.06 bits per heavy atom. The Morgan fingerprint density at radius 2 is 2.39 bits per heavy atom. The van der Waals surface area contributed by atoms with Crippen molar-refractivity contribution in [1.82, 2.24) is 0 Å². The molecule has 0 aliphatic carbocycles. The van der Waals surface area contributed by atoms with E-state index in [1.54, 1.807) is 0 Å². The van der Waals surface area contributed by atoms with Crippen molar-refractivity contribution in [1.29, 1.82) is 5.41 Å². The fourth-order valence-electron chi connectivity index (χ4n) is 2.19. The van der Waals surface area contributed by atoms with Crippen molar-refractivity contribution in [2.45, 2.75) is 13.0 Å². The lowest BCUT2D eigenvalue weighted by Crippen LogP contribution is -2.44. The number of benzene rings is 1. The lowest BCUT2D eigenvalue weighted by Gasteiger charge is -2.34. The Labute approximate surface area is 107 Å². The molecule has 1 saturated heterocycles. The average Bonchev–Trinajstić information content (AvgIpc) is 2.38. The molecule has 0 radical (unpaired) electrons. The van der Waals surface area contributed by atoms with E-state index in [1.807, 2.05) is 25.1 Å². The minimum Gasteiger partial charge on any atom is -0.394 e. The molecule has 1 aromatic rings. The number of aliphatic hydroxyl groups is 1. The first kappa shape index (κ1) is 12.9. The van der Waals surface area contributed by atoms with Gasteiger partial charge in [0.05, 0.1) is 19.3 Å². The maximum atomic E-state index is 9.16. The number of nitrogens with two attached hydrogens (primary N) is 1. The van der Waals surface area contributed by atoms with Crippen LogP contribution in [-0.4, -0.2) is 43.3 Å². The van der Waals surface area contributed by atoms with E-state index in [0.29, 0.717) is 13.2 Å². The molecule has 1 aliphatic heterocycles. The molecule has 5 heteroatoms. The molecule has 4 N–H and O–H groups in total. The van der Waals surface area contributed by atoms with Gasteiger partial charge in [0.2, 0.25) is 0 Å². The van der Waals surface area contributed by atoms with Crippen molar-refractivity contribution in [2.24, 2.45) is 5.73 Å². The minimum atomic E-state index is -0.167. The Morgan fingerprint density at radius 1 is 1.61 bits per heavy atom. The second kappa shape index (κ2) is 5.37. The third-order valence-electron chi connectivity index (χ3n) is 3.13. The van der Waals surface area contributed by atoms with Crippen LogP contribution in [0.1, 0.15) is 11.1 Å². The first-order chi connectivity index (χ1) is 8.61. The number of nitrogens with one attached hydrogen (secondary N) is 1. The summed E-state index contributed by atoms with van der Waals surface area (Å²) in [5.41, 5.74) is 8.40. The molecule has 0 bridgehead atoms. The van der Waals surface area contributed by atoms with Crippen LogP contribution in [0.15, 0.2) is 18.2 Å². The molecule has 1 aromatic carbocycles. The van der Waals surface area contributed by atoms with Crippen molar-refractivity contribution in [3.8, 4) is 0 Å². The Kier molecular flexibility index (Phi) is 3.84. The normalized spacial score (nSPS) is 19.9. The zero-order valence-electron chi connectivity index (χ0n) is 10.5. The van der Waals surface area contributed by atoms with Gasteiger partial charge in [0.15, 0.2) is 0 Å². The summed E-state index contributed by atoms with van der Waals surface area (Å²) in [7, 11) is 0. The second-order valence-electron chi connectivity index (χ2n) is 4.56. The molecular weight excluding hydrogens is 230 g/mol. The van der Waals surface area contributed by atoms with Gasteiger partial charge in [-0.15, -0.1) is 0 Å². The monoisotopic (exact) mass is 249 g/mol. The summed E-state index contributed by atoms with van der Waals surface area (Å²) in [5.74, 6) is 0.0701. The Balaban J connectivity index is 2.29. The van der Waals surface area contributed by atoms with Gasteiger partial charge < -0.3 is 20.5 Å². The molecule has 1 unspecified atom stereocenters. The molecule has 5 nitrogen and oxygen atoms in total. The molecule has 0 saturated carbocycles. The first-order valence-corrected chi connectivity index (χ1v) is 6.04. The van der Waals surface area contributed by atoms with Crippen LogP contribution in [0.5, 0.6) is 0 Å². The highest BCUT2D eigenvalue weighted by Crippen LogP contribution is 2.23. The van der Waals surface area contributed by atoms with Crippen LogP contribution >= 0.6 is 0 Å². The van der Waals surface area contributed by atoms with E-state index in [-0.39, 0.29) is 18.5 Å². The molecule has 1 heterocycles. The fourth-order valence-corrected chi connectivity index (χ4v) is 2.19. The number of nitrogen functional groups attached to an aromatic ring is 1. The van der Waals surface area contributed by atoms with Crippen LogP contribution in [0.3, 0.4) is 0 Å². The predicted molar refractivity (Wildman–Crippen MR) is 71.2 cm³/mol. The third kappa shape index (κ3) is 2.63. The molecule has 1 fully saturated rings. The van der Waals surface area contributed by atoms with Crippen LogP contribution in [0.2, 0.25) is 0 Å². The summed E-state index contributed by atoms with van der Waals surface area (Å²) < 4.78 is 5.43. The van der Waals surface area contributed by atoms with Gasteiger partial charge in [0, 0.05) is 24.3 Å². The van der Waals surface area contributed by atoms with E-state index in [4.69, 9.17) is 21.0 Å². The number of ether oxygens (including phenoxy) is 1. The van der Waals surface area contributed by atoms with Crippen LogP contribution in [-0.2, 0) is 4.74 Å². The summed E-state index contributed by atoms with van der Waals surface area (Å²) in [6, 6.07) is 5.90. The zero-order chi connectivity index (χ0) is 13.1. The molecular formula is C13H19N3O2. The van der Waals surface area contributed by atoms with Gasteiger partial charge >= 0.3 is 0 Å². The maximum absolute atomic E-state index is 9.16. The summed E-state index contributed by atoms with van der Waals surface area (Å²) in [4.78, 5) is 2.11. The standard InChI is InChI=1S/C13H19N3O2/c1-9-2-3-12(11(6-9)13(14)15)16-4-5-18-10(7-16)8-17/h2-3,6,10,17H,4-5,7-8H2,1H3,(H3,14,15). The second-order valence-corrected chi connectivity index (χ2v) is 4.56. The van der Waals surface area contributed by atoms with Crippen LogP contribution in [0, 0.1) is 12.3 Å². The largest absolute Gasteiger partial charge is 0.394 e. The fraction of sp³-hybridized carbons (Fsp3) is 0.462.